The molecule has 0 unspecified atom stereocenters. The highest BCUT2D eigenvalue weighted by Gasteiger charge is 2.38. The Bertz CT molecular complexity index is 1580. The Hall–Kier alpha value is -3.90. The van der Waals surface area contributed by atoms with Gasteiger partial charge in [-0.15, -0.1) is 0 Å². The molecule has 4 rings (SSSR count). The number of halogens is 1. The summed E-state index contributed by atoms with van der Waals surface area (Å²) >= 11 is 6.23. The Kier molecular flexibility index (Phi) is 8.22. The van der Waals surface area contributed by atoms with Gasteiger partial charge in [-0.05, 0) is 49.6 Å². The lowest BCUT2D eigenvalue weighted by atomic mass is 9.79. The molecule has 6 nitrogen and oxygen atoms in total. The molecule has 2 heterocycles. The van der Waals surface area contributed by atoms with Crippen LogP contribution in [0.2, 0.25) is 5.02 Å². The zero-order valence-electron chi connectivity index (χ0n) is 23.7. The normalized spacial score (nSPS) is 11.9. The van der Waals surface area contributed by atoms with E-state index in [1.165, 1.54) is 7.11 Å². The van der Waals surface area contributed by atoms with Crippen LogP contribution in [0.15, 0.2) is 72.9 Å². The molecule has 0 radical (unpaired) electrons. The summed E-state index contributed by atoms with van der Waals surface area (Å²) in [6.07, 6.45) is 1.85. The fraction of sp³-hybridized carbons (Fsp3) is 0.303. The number of methoxy groups -OCH3 is 1. The van der Waals surface area contributed by atoms with Gasteiger partial charge in [0.15, 0.2) is 5.78 Å². The molecule has 4 aromatic rings. The second-order valence-corrected chi connectivity index (χ2v) is 12.0. The number of nitrogens with zero attached hydrogens (tertiary/aromatic N) is 1. The lowest BCUT2D eigenvalue weighted by Gasteiger charge is -2.24. The van der Waals surface area contributed by atoms with Crippen molar-refractivity contribution in [1.29, 1.82) is 0 Å². The van der Waals surface area contributed by atoms with Gasteiger partial charge in [0.05, 0.1) is 23.7 Å². The van der Waals surface area contributed by atoms with E-state index < -0.39 is 16.8 Å². The minimum Gasteiger partial charge on any atom is -0.489 e. The van der Waals surface area contributed by atoms with Crippen molar-refractivity contribution in [2.45, 2.75) is 47.6 Å². The number of aromatic nitrogens is 1. The van der Waals surface area contributed by atoms with Crippen molar-refractivity contribution < 1.29 is 23.9 Å². The van der Waals surface area contributed by atoms with Gasteiger partial charge in [-0.1, -0.05) is 74.8 Å². The average Bonchev–Trinajstić information content (AvgIpc) is 3.22. The number of carbonyl (C=O) groups excluding carboxylic acids is 3. The van der Waals surface area contributed by atoms with Crippen molar-refractivity contribution >= 4 is 34.7 Å². The maximum atomic E-state index is 14.1. The molecule has 0 saturated carbocycles. The minimum absolute atomic E-state index is 0.111. The summed E-state index contributed by atoms with van der Waals surface area (Å²) in [5, 5.41) is 0.422. The average molecular weight is 560 g/mol. The predicted molar refractivity (Wildman–Crippen MR) is 156 cm³/mol. The van der Waals surface area contributed by atoms with Gasteiger partial charge in [0.1, 0.15) is 12.4 Å². The third-order valence-corrected chi connectivity index (χ3v) is 7.06. The van der Waals surface area contributed by atoms with Gasteiger partial charge in [-0.25, -0.2) is 0 Å². The van der Waals surface area contributed by atoms with Crippen molar-refractivity contribution in [3.05, 3.63) is 106 Å². The van der Waals surface area contributed by atoms with E-state index in [2.05, 4.69) is 0 Å². The molecule has 0 amide bonds. The largest absolute Gasteiger partial charge is 0.489 e. The summed E-state index contributed by atoms with van der Waals surface area (Å²) in [6, 6.07) is 20.0. The molecule has 0 N–H and O–H groups in total. The van der Waals surface area contributed by atoms with Crippen LogP contribution in [0.5, 0.6) is 5.75 Å². The van der Waals surface area contributed by atoms with Crippen LogP contribution in [0, 0.1) is 10.8 Å². The minimum atomic E-state index is -1.01. The Labute approximate surface area is 239 Å². The second-order valence-electron chi connectivity index (χ2n) is 11.6. The summed E-state index contributed by atoms with van der Waals surface area (Å²) in [5.74, 6) is -0.340. The van der Waals surface area contributed by atoms with E-state index in [0.29, 0.717) is 45.3 Å². The van der Waals surface area contributed by atoms with Crippen molar-refractivity contribution in [3.8, 4) is 5.75 Å². The first-order valence-electron chi connectivity index (χ1n) is 13.1. The van der Waals surface area contributed by atoms with Gasteiger partial charge < -0.3 is 13.9 Å². The highest BCUT2D eigenvalue weighted by molar-refractivity contribution is 6.31. The molecule has 0 spiro atoms. The molecule has 0 aliphatic carbocycles. The molecule has 0 fully saturated rings. The van der Waals surface area contributed by atoms with Gasteiger partial charge in [0.2, 0.25) is 5.78 Å². The number of ether oxygens (including phenoxy) is 2. The third-order valence-electron chi connectivity index (χ3n) is 6.83. The summed E-state index contributed by atoms with van der Waals surface area (Å²) in [6.45, 7) is 9.34. The fourth-order valence-corrected chi connectivity index (χ4v) is 4.91. The van der Waals surface area contributed by atoms with E-state index in [1.54, 1.807) is 60.8 Å². The van der Waals surface area contributed by atoms with E-state index in [9.17, 15) is 14.4 Å². The zero-order valence-corrected chi connectivity index (χ0v) is 24.5. The lowest BCUT2D eigenvalue weighted by molar-refractivity contribution is -0.150. The number of Topliss-reactive ketones (excluding diaryl/α,β-unsaturated/α-hetero) is 1. The van der Waals surface area contributed by atoms with Crippen LogP contribution in [-0.2, 0) is 22.6 Å². The van der Waals surface area contributed by atoms with Crippen molar-refractivity contribution in [1.82, 2.24) is 4.40 Å². The number of esters is 1. The van der Waals surface area contributed by atoms with Crippen LogP contribution in [0.1, 0.15) is 72.2 Å². The molecular formula is C33H34ClNO5. The van der Waals surface area contributed by atoms with Crippen LogP contribution < -0.4 is 4.74 Å². The summed E-state index contributed by atoms with van der Waals surface area (Å²) in [5.41, 5.74) is 1.32. The van der Waals surface area contributed by atoms with Crippen LogP contribution >= 0.6 is 11.6 Å². The first-order chi connectivity index (χ1) is 18.8. The van der Waals surface area contributed by atoms with Crippen molar-refractivity contribution in [3.63, 3.8) is 0 Å². The first-order valence-corrected chi connectivity index (χ1v) is 13.5. The monoisotopic (exact) mass is 559 g/mol. The lowest BCUT2D eigenvalue weighted by Crippen LogP contribution is -2.30. The molecule has 2 aromatic heterocycles. The molecule has 2 aromatic carbocycles. The highest BCUT2D eigenvalue weighted by atomic mass is 35.5. The molecule has 0 saturated heterocycles. The number of ketones is 2. The van der Waals surface area contributed by atoms with Gasteiger partial charge in [0, 0.05) is 33.8 Å². The Morgan fingerprint density at radius 1 is 0.900 bits per heavy atom. The smallest absolute Gasteiger partial charge is 0.311 e. The van der Waals surface area contributed by atoms with Gasteiger partial charge in [0.25, 0.3) is 0 Å². The van der Waals surface area contributed by atoms with Crippen LogP contribution in [0.3, 0.4) is 0 Å². The standard InChI is InChI=1S/C33H34ClNO5/c1-32(2,3)30(37)27-25(19-33(4,5)31(38)39-6)28(29(36)22-13-10-14-23(34)17-22)35-16-15-24(18-26(27)35)40-20-21-11-8-7-9-12-21/h7-18H,19-20H2,1-6H3. The van der Waals surface area contributed by atoms with E-state index in [4.69, 9.17) is 21.1 Å². The van der Waals surface area contributed by atoms with Crippen LogP contribution in [0.4, 0.5) is 0 Å². The predicted octanol–water partition coefficient (Wildman–Crippen LogP) is 7.37. The summed E-state index contributed by atoms with van der Waals surface area (Å²) in [7, 11) is 1.33. The number of hydrogen-bond acceptors (Lipinski definition) is 5. The first kappa shape index (κ1) is 29.1. The Morgan fingerprint density at radius 3 is 2.23 bits per heavy atom. The topological polar surface area (TPSA) is 74.1 Å². The number of benzene rings is 2. The van der Waals surface area contributed by atoms with Crippen LogP contribution in [-0.4, -0.2) is 29.0 Å². The molecule has 40 heavy (non-hydrogen) atoms. The van der Waals surface area contributed by atoms with E-state index in [-0.39, 0.29) is 18.0 Å². The van der Waals surface area contributed by atoms with Crippen LogP contribution in [0.25, 0.3) is 5.52 Å². The zero-order chi connectivity index (χ0) is 29.2. The summed E-state index contributed by atoms with van der Waals surface area (Å²) in [4.78, 5) is 40.9. The van der Waals surface area contributed by atoms with E-state index in [1.807, 2.05) is 51.1 Å². The highest BCUT2D eigenvalue weighted by Crippen LogP contribution is 2.37. The molecule has 0 aliphatic heterocycles. The van der Waals surface area contributed by atoms with Crippen molar-refractivity contribution in [2.75, 3.05) is 7.11 Å². The maximum Gasteiger partial charge on any atom is 0.311 e. The molecule has 0 atom stereocenters. The molecular weight excluding hydrogens is 526 g/mol. The third kappa shape index (κ3) is 5.97. The molecule has 0 bridgehead atoms. The fourth-order valence-electron chi connectivity index (χ4n) is 4.72. The van der Waals surface area contributed by atoms with Gasteiger partial charge >= 0.3 is 5.97 Å². The Morgan fingerprint density at radius 2 is 1.60 bits per heavy atom. The number of pyridine rings is 1. The molecule has 208 valence electrons. The number of fused-ring (bicyclic) bond motifs is 1. The quantitative estimate of drug-likeness (QED) is 0.158. The van der Waals surface area contributed by atoms with Gasteiger partial charge in [-0.3, -0.25) is 14.4 Å². The maximum absolute atomic E-state index is 14.1. The molecule has 7 heteroatoms. The number of carbonyl (C=O) groups is 3. The van der Waals surface area contributed by atoms with E-state index >= 15 is 0 Å². The Balaban J connectivity index is 1.98. The SMILES string of the molecule is COC(=O)C(C)(C)Cc1c(C(=O)C(C)(C)C)c2cc(OCc3ccccc3)ccn2c1C(=O)c1cccc(Cl)c1. The van der Waals surface area contributed by atoms with Gasteiger partial charge in [-0.2, -0.15) is 0 Å². The van der Waals surface area contributed by atoms with E-state index in [0.717, 1.165) is 5.56 Å². The molecule has 0 aliphatic rings. The number of rotatable bonds is 9. The second kappa shape index (κ2) is 11.3. The summed E-state index contributed by atoms with van der Waals surface area (Å²) < 4.78 is 12.9. The van der Waals surface area contributed by atoms with Crippen molar-refractivity contribution in [2.24, 2.45) is 10.8 Å². The number of hydrogen-bond donors (Lipinski definition) is 0.